The van der Waals surface area contributed by atoms with Gasteiger partial charge in [0, 0.05) is 16.9 Å². The molecule has 0 radical (unpaired) electrons. The van der Waals surface area contributed by atoms with E-state index >= 15 is 0 Å². The Balaban J connectivity index is 1.63. The fraction of sp³-hybridized carbons (Fsp3) is 0.375. The minimum Gasteiger partial charge on any atom is -0.490 e. The summed E-state index contributed by atoms with van der Waals surface area (Å²) in [5.74, 6) is 2.51. The Bertz CT molecular complexity index is 999. The third-order valence-electron chi connectivity index (χ3n) is 4.39. The molecule has 1 amide bonds. The van der Waals surface area contributed by atoms with E-state index in [9.17, 15) is 4.79 Å². The number of benzene rings is 2. The van der Waals surface area contributed by atoms with E-state index in [0.29, 0.717) is 49.1 Å². The summed E-state index contributed by atoms with van der Waals surface area (Å²) >= 11 is 1.72. The molecule has 0 unspecified atom stereocenters. The first-order valence-corrected chi connectivity index (χ1v) is 12.0. The quantitative estimate of drug-likeness (QED) is 0.260. The van der Waals surface area contributed by atoms with E-state index in [-0.39, 0.29) is 17.8 Å². The van der Waals surface area contributed by atoms with Gasteiger partial charge in [0.15, 0.2) is 11.5 Å². The molecule has 3 aromatic rings. The number of rotatable bonds is 13. The van der Waals surface area contributed by atoms with Crippen molar-refractivity contribution in [3.8, 4) is 28.7 Å². The van der Waals surface area contributed by atoms with Crippen molar-refractivity contribution in [2.24, 2.45) is 0 Å². The number of carbonyl (C=O) groups excluding carboxylic acids is 1. The van der Waals surface area contributed by atoms with Crippen LogP contribution in [0.5, 0.6) is 17.2 Å². The summed E-state index contributed by atoms with van der Waals surface area (Å²) in [4.78, 5) is 13.4. The van der Waals surface area contributed by atoms with Crippen molar-refractivity contribution in [3.63, 3.8) is 0 Å². The molecule has 33 heavy (non-hydrogen) atoms. The summed E-state index contributed by atoms with van der Waals surface area (Å²) in [7, 11) is 0. The number of thioether (sulfide) groups is 1. The maximum Gasteiger partial charge on any atom is 0.322 e. The molecule has 0 atom stereocenters. The van der Waals surface area contributed by atoms with Crippen LogP contribution in [0, 0.1) is 0 Å². The zero-order valence-electron chi connectivity index (χ0n) is 19.1. The number of anilines is 1. The molecule has 0 fully saturated rings. The number of aromatic nitrogens is 2. The molecule has 2 aromatic carbocycles. The monoisotopic (exact) mass is 471 g/mol. The lowest BCUT2D eigenvalue weighted by Crippen LogP contribution is -2.11. The van der Waals surface area contributed by atoms with Gasteiger partial charge >= 0.3 is 6.01 Å². The molecular formula is C24H29N3O5S. The third kappa shape index (κ3) is 7.15. The van der Waals surface area contributed by atoms with Gasteiger partial charge in [0.25, 0.3) is 0 Å². The normalized spacial score (nSPS) is 10.6. The molecule has 0 saturated heterocycles. The average Bonchev–Trinajstić information content (AvgIpc) is 3.28. The van der Waals surface area contributed by atoms with E-state index < -0.39 is 0 Å². The average molecular weight is 472 g/mol. The van der Waals surface area contributed by atoms with Gasteiger partial charge in [0.2, 0.25) is 17.5 Å². The Labute approximate surface area is 198 Å². The topological polar surface area (TPSA) is 95.7 Å². The molecule has 176 valence electrons. The van der Waals surface area contributed by atoms with Gasteiger partial charge < -0.3 is 18.6 Å². The smallest absolute Gasteiger partial charge is 0.322 e. The van der Waals surface area contributed by atoms with E-state index in [1.807, 2.05) is 39.0 Å². The van der Waals surface area contributed by atoms with Crippen molar-refractivity contribution in [1.29, 1.82) is 0 Å². The van der Waals surface area contributed by atoms with Crippen molar-refractivity contribution >= 4 is 23.7 Å². The highest BCUT2D eigenvalue weighted by Gasteiger charge is 2.19. The Morgan fingerprint density at radius 3 is 2.27 bits per heavy atom. The van der Waals surface area contributed by atoms with Crippen LogP contribution in [-0.2, 0) is 4.79 Å². The number of ether oxygens (including phenoxy) is 3. The second-order valence-corrected chi connectivity index (χ2v) is 7.99. The van der Waals surface area contributed by atoms with Crippen molar-refractivity contribution in [3.05, 3.63) is 42.5 Å². The molecule has 0 aliphatic heterocycles. The van der Waals surface area contributed by atoms with Gasteiger partial charge in [-0.15, -0.1) is 16.9 Å². The fourth-order valence-electron chi connectivity index (χ4n) is 3.02. The summed E-state index contributed by atoms with van der Waals surface area (Å²) in [6.45, 7) is 7.07. The minimum atomic E-state index is -0.171. The number of hydrogen-bond acceptors (Lipinski definition) is 8. The second-order valence-electron chi connectivity index (χ2n) is 6.83. The molecule has 0 aliphatic rings. The van der Waals surface area contributed by atoms with Gasteiger partial charge in [-0.05, 0) is 57.2 Å². The molecule has 9 heteroatoms. The summed E-state index contributed by atoms with van der Waals surface area (Å²) in [5.41, 5.74) is 0.609. The Hall–Kier alpha value is -3.20. The third-order valence-corrected chi connectivity index (χ3v) is 5.49. The molecular weight excluding hydrogens is 442 g/mol. The highest BCUT2D eigenvalue weighted by molar-refractivity contribution is 7.99. The van der Waals surface area contributed by atoms with Crippen molar-refractivity contribution in [2.45, 2.75) is 38.5 Å². The van der Waals surface area contributed by atoms with Crippen molar-refractivity contribution < 1.29 is 23.4 Å². The van der Waals surface area contributed by atoms with Crippen LogP contribution in [-0.4, -0.2) is 41.7 Å². The number of amides is 1. The first kappa shape index (κ1) is 24.4. The summed E-state index contributed by atoms with van der Waals surface area (Å²) < 4.78 is 22.9. The molecule has 1 N–H and O–H groups in total. The van der Waals surface area contributed by atoms with Crippen LogP contribution in [0.3, 0.4) is 0 Å². The van der Waals surface area contributed by atoms with Gasteiger partial charge in [-0.25, -0.2) is 0 Å². The first-order valence-electron chi connectivity index (χ1n) is 11.0. The number of nitrogens with zero attached hydrogens (tertiary/aromatic N) is 2. The summed E-state index contributed by atoms with van der Waals surface area (Å²) in [6.07, 6.45) is 1.10. The van der Waals surface area contributed by atoms with E-state index in [1.54, 1.807) is 23.9 Å². The van der Waals surface area contributed by atoms with E-state index in [2.05, 4.69) is 27.6 Å². The van der Waals surface area contributed by atoms with Gasteiger partial charge in [-0.1, -0.05) is 23.3 Å². The molecule has 0 bridgehead atoms. The number of hydrogen-bond donors (Lipinski definition) is 1. The van der Waals surface area contributed by atoms with E-state index in [1.165, 1.54) is 4.90 Å². The van der Waals surface area contributed by atoms with E-state index in [4.69, 9.17) is 18.6 Å². The van der Waals surface area contributed by atoms with Crippen LogP contribution >= 0.6 is 11.8 Å². The maximum atomic E-state index is 12.3. The summed E-state index contributed by atoms with van der Waals surface area (Å²) in [6, 6.07) is 13.7. The lowest BCUT2D eigenvalue weighted by Gasteiger charge is -2.16. The highest BCUT2D eigenvalue weighted by atomic mass is 32.2. The number of nitrogens with one attached hydrogen (secondary N) is 1. The molecule has 3 rings (SSSR count). The molecule has 1 aromatic heterocycles. The lowest BCUT2D eigenvalue weighted by atomic mass is 10.2. The fourth-order valence-corrected chi connectivity index (χ4v) is 3.90. The molecule has 0 saturated carbocycles. The summed E-state index contributed by atoms with van der Waals surface area (Å²) in [5, 5.41) is 10.7. The van der Waals surface area contributed by atoms with Gasteiger partial charge in [-0.3, -0.25) is 10.1 Å². The Kier molecular flexibility index (Phi) is 9.44. The molecule has 0 spiro atoms. The van der Waals surface area contributed by atoms with Crippen LogP contribution in [0.25, 0.3) is 11.5 Å². The predicted molar refractivity (Wildman–Crippen MR) is 128 cm³/mol. The van der Waals surface area contributed by atoms with Crippen LogP contribution in [0.1, 0.15) is 33.6 Å². The minimum absolute atomic E-state index is 0.0514. The highest BCUT2D eigenvalue weighted by Crippen LogP contribution is 2.41. The lowest BCUT2D eigenvalue weighted by molar-refractivity contribution is -0.116. The zero-order valence-corrected chi connectivity index (χ0v) is 19.9. The predicted octanol–water partition coefficient (Wildman–Crippen LogP) is 5.44. The maximum absolute atomic E-state index is 12.3. The zero-order chi connectivity index (χ0) is 23.5. The van der Waals surface area contributed by atoms with Gasteiger partial charge in [0.1, 0.15) is 0 Å². The van der Waals surface area contributed by atoms with Crippen molar-refractivity contribution in [2.75, 3.05) is 30.9 Å². The SMILES string of the molecule is CCOc1cc(-c2nnc(NC(=O)CCCSc3ccccc3)o2)cc(OCC)c1OCC. The van der Waals surface area contributed by atoms with Crippen molar-refractivity contribution in [1.82, 2.24) is 10.2 Å². The standard InChI is InChI=1S/C24H29N3O5S/c1-4-29-19-15-17(16-20(30-5-2)22(19)31-6-3)23-26-27-24(32-23)25-21(28)13-10-14-33-18-11-8-7-9-12-18/h7-9,11-12,15-16H,4-6,10,13-14H2,1-3H3,(H,25,27,28). The first-order chi connectivity index (χ1) is 16.1. The second kappa shape index (κ2) is 12.7. The van der Waals surface area contributed by atoms with Crippen LogP contribution < -0.4 is 19.5 Å². The molecule has 8 nitrogen and oxygen atoms in total. The van der Waals surface area contributed by atoms with Crippen LogP contribution in [0.2, 0.25) is 0 Å². The van der Waals surface area contributed by atoms with Gasteiger partial charge in [0.05, 0.1) is 19.8 Å². The molecule has 1 heterocycles. The van der Waals surface area contributed by atoms with Crippen LogP contribution in [0.4, 0.5) is 6.01 Å². The largest absolute Gasteiger partial charge is 0.490 e. The Morgan fingerprint density at radius 1 is 0.970 bits per heavy atom. The Morgan fingerprint density at radius 2 is 1.64 bits per heavy atom. The molecule has 0 aliphatic carbocycles. The van der Waals surface area contributed by atoms with E-state index in [0.717, 1.165) is 12.2 Å². The number of carbonyl (C=O) groups is 1. The van der Waals surface area contributed by atoms with Gasteiger partial charge in [-0.2, -0.15) is 0 Å². The van der Waals surface area contributed by atoms with Crippen LogP contribution in [0.15, 0.2) is 51.8 Å².